The van der Waals surface area contributed by atoms with E-state index in [1.807, 2.05) is 6.20 Å². The van der Waals surface area contributed by atoms with Gasteiger partial charge in [0.1, 0.15) is 5.82 Å². The molecule has 0 aliphatic carbocycles. The summed E-state index contributed by atoms with van der Waals surface area (Å²) in [7, 11) is 0. The number of nitrogens with one attached hydrogen (secondary N) is 1. The molecule has 0 bridgehead atoms. The number of hydrogen-bond acceptors (Lipinski definition) is 2. The Morgan fingerprint density at radius 1 is 1.10 bits per heavy atom. The Kier molecular flexibility index (Phi) is 4.84. The molecule has 0 aliphatic rings. The third-order valence-corrected chi connectivity index (χ3v) is 4.15. The fourth-order valence-corrected chi connectivity index (χ4v) is 2.82. The predicted molar refractivity (Wildman–Crippen MR) is 89.5 cm³/mol. The first-order valence-corrected chi connectivity index (χ1v) is 7.75. The van der Waals surface area contributed by atoms with Crippen molar-refractivity contribution in [3.8, 4) is 11.3 Å². The molecule has 0 aliphatic heterocycles. The standard InChI is InChI=1S/C18H27N3/c1-11(2)6-15(9-19)18-20-10-17(21-18)16-8-13(4)12(3)7-14(16)5/h7-8,10-11,15H,6,9,19H2,1-5H3,(H,20,21). The Labute approximate surface area is 128 Å². The van der Waals surface area contributed by atoms with E-state index in [4.69, 9.17) is 5.73 Å². The van der Waals surface area contributed by atoms with Crippen LogP contribution < -0.4 is 5.73 Å². The predicted octanol–water partition coefficient (Wildman–Crippen LogP) is 4.09. The lowest BCUT2D eigenvalue weighted by molar-refractivity contribution is 0.490. The van der Waals surface area contributed by atoms with Gasteiger partial charge in [-0.1, -0.05) is 19.9 Å². The van der Waals surface area contributed by atoms with E-state index < -0.39 is 0 Å². The van der Waals surface area contributed by atoms with E-state index in [1.165, 1.54) is 22.3 Å². The molecule has 0 radical (unpaired) electrons. The summed E-state index contributed by atoms with van der Waals surface area (Å²) in [6.07, 6.45) is 3.00. The zero-order valence-corrected chi connectivity index (χ0v) is 13.8. The van der Waals surface area contributed by atoms with Crippen LogP contribution in [0.2, 0.25) is 0 Å². The first kappa shape index (κ1) is 15.8. The van der Waals surface area contributed by atoms with Gasteiger partial charge in [-0.05, 0) is 55.9 Å². The number of H-pyrrole nitrogens is 1. The van der Waals surface area contributed by atoms with Crippen LogP contribution in [0.1, 0.15) is 48.7 Å². The zero-order chi connectivity index (χ0) is 15.6. The fourth-order valence-electron chi connectivity index (χ4n) is 2.82. The number of benzene rings is 1. The first-order chi connectivity index (χ1) is 9.92. The largest absolute Gasteiger partial charge is 0.342 e. The van der Waals surface area contributed by atoms with Gasteiger partial charge in [0.2, 0.25) is 0 Å². The molecule has 0 amide bonds. The molecule has 21 heavy (non-hydrogen) atoms. The Morgan fingerprint density at radius 3 is 2.38 bits per heavy atom. The molecule has 3 nitrogen and oxygen atoms in total. The first-order valence-electron chi connectivity index (χ1n) is 7.75. The molecule has 0 saturated carbocycles. The van der Waals surface area contributed by atoms with Crippen molar-refractivity contribution in [1.29, 1.82) is 0 Å². The summed E-state index contributed by atoms with van der Waals surface area (Å²) >= 11 is 0. The van der Waals surface area contributed by atoms with Crippen LogP contribution in [0.5, 0.6) is 0 Å². The highest BCUT2D eigenvalue weighted by Crippen LogP contribution is 2.27. The molecule has 1 aromatic carbocycles. The van der Waals surface area contributed by atoms with Gasteiger partial charge < -0.3 is 10.7 Å². The summed E-state index contributed by atoms with van der Waals surface area (Å²) in [6, 6.07) is 4.47. The quantitative estimate of drug-likeness (QED) is 0.869. The average molecular weight is 285 g/mol. The van der Waals surface area contributed by atoms with Gasteiger partial charge in [0.25, 0.3) is 0 Å². The second kappa shape index (κ2) is 6.44. The smallest absolute Gasteiger partial charge is 0.110 e. The maximum atomic E-state index is 5.91. The number of rotatable bonds is 5. The second-order valence-electron chi connectivity index (χ2n) is 6.50. The summed E-state index contributed by atoms with van der Waals surface area (Å²) in [5, 5.41) is 0. The van der Waals surface area contributed by atoms with E-state index in [0.717, 1.165) is 17.9 Å². The van der Waals surface area contributed by atoms with Gasteiger partial charge in [-0.2, -0.15) is 0 Å². The van der Waals surface area contributed by atoms with Crippen molar-refractivity contribution < 1.29 is 0 Å². The van der Waals surface area contributed by atoms with Gasteiger partial charge >= 0.3 is 0 Å². The molecule has 2 rings (SSSR count). The lowest BCUT2D eigenvalue weighted by Gasteiger charge is -2.14. The SMILES string of the molecule is Cc1cc(C)c(-c2cnc(C(CN)CC(C)C)[nH]2)cc1C. The summed E-state index contributed by atoms with van der Waals surface area (Å²) in [4.78, 5) is 8.06. The molecular formula is C18H27N3. The Hall–Kier alpha value is -1.61. The highest BCUT2D eigenvalue weighted by atomic mass is 14.9. The van der Waals surface area contributed by atoms with Crippen LogP contribution in [0.3, 0.4) is 0 Å². The molecular weight excluding hydrogens is 258 g/mol. The molecule has 3 heteroatoms. The van der Waals surface area contributed by atoms with Crippen LogP contribution in [0, 0.1) is 26.7 Å². The molecule has 0 fully saturated rings. The lowest BCUT2D eigenvalue weighted by atomic mass is 9.96. The van der Waals surface area contributed by atoms with Crippen molar-refractivity contribution in [1.82, 2.24) is 9.97 Å². The number of aromatic nitrogens is 2. The Bertz CT molecular complexity index is 611. The van der Waals surface area contributed by atoms with E-state index in [0.29, 0.717) is 18.4 Å². The van der Waals surface area contributed by atoms with E-state index >= 15 is 0 Å². The molecule has 1 unspecified atom stereocenters. The molecule has 3 N–H and O–H groups in total. The van der Waals surface area contributed by atoms with E-state index in [1.54, 1.807) is 0 Å². The Morgan fingerprint density at radius 2 is 1.76 bits per heavy atom. The van der Waals surface area contributed by atoms with Crippen molar-refractivity contribution >= 4 is 0 Å². The topological polar surface area (TPSA) is 54.7 Å². The van der Waals surface area contributed by atoms with E-state index in [9.17, 15) is 0 Å². The van der Waals surface area contributed by atoms with Gasteiger partial charge in [0.05, 0.1) is 11.9 Å². The van der Waals surface area contributed by atoms with Crippen LogP contribution >= 0.6 is 0 Å². The number of aromatic amines is 1. The van der Waals surface area contributed by atoms with Crippen LogP contribution in [0.4, 0.5) is 0 Å². The highest BCUT2D eigenvalue weighted by Gasteiger charge is 2.16. The van der Waals surface area contributed by atoms with Crippen LogP contribution in [-0.4, -0.2) is 16.5 Å². The minimum absolute atomic E-state index is 0.311. The average Bonchev–Trinajstić information content (AvgIpc) is 2.89. The lowest BCUT2D eigenvalue weighted by Crippen LogP contribution is -2.16. The molecule has 1 heterocycles. The number of nitrogens with two attached hydrogens (primary N) is 1. The zero-order valence-electron chi connectivity index (χ0n) is 13.8. The van der Waals surface area contributed by atoms with E-state index in [-0.39, 0.29) is 0 Å². The number of aryl methyl sites for hydroxylation is 3. The molecule has 0 spiro atoms. The maximum absolute atomic E-state index is 5.91. The van der Waals surface area contributed by atoms with Gasteiger partial charge in [-0.15, -0.1) is 0 Å². The molecule has 1 atom stereocenters. The third kappa shape index (κ3) is 3.53. The number of nitrogens with zero attached hydrogens (tertiary/aromatic N) is 1. The minimum Gasteiger partial charge on any atom is -0.342 e. The van der Waals surface area contributed by atoms with Crippen molar-refractivity contribution in [2.45, 2.75) is 47.0 Å². The monoisotopic (exact) mass is 285 g/mol. The molecule has 1 aromatic heterocycles. The van der Waals surface area contributed by atoms with Crippen molar-refractivity contribution in [3.63, 3.8) is 0 Å². The van der Waals surface area contributed by atoms with Gasteiger partial charge in [-0.3, -0.25) is 0 Å². The molecule has 0 saturated heterocycles. The second-order valence-corrected chi connectivity index (χ2v) is 6.50. The summed E-state index contributed by atoms with van der Waals surface area (Å²) in [5.74, 6) is 1.94. The third-order valence-electron chi connectivity index (χ3n) is 4.15. The van der Waals surface area contributed by atoms with Crippen LogP contribution in [-0.2, 0) is 0 Å². The molecule has 114 valence electrons. The summed E-state index contributed by atoms with van der Waals surface area (Å²) in [5.41, 5.74) is 12.2. The van der Waals surface area contributed by atoms with Crippen LogP contribution in [0.25, 0.3) is 11.3 Å². The molecule has 2 aromatic rings. The van der Waals surface area contributed by atoms with Gasteiger partial charge in [-0.25, -0.2) is 4.98 Å². The van der Waals surface area contributed by atoms with Crippen molar-refractivity contribution in [2.75, 3.05) is 6.54 Å². The highest BCUT2D eigenvalue weighted by molar-refractivity contribution is 5.65. The number of hydrogen-bond donors (Lipinski definition) is 2. The van der Waals surface area contributed by atoms with Crippen LogP contribution in [0.15, 0.2) is 18.3 Å². The van der Waals surface area contributed by atoms with Gasteiger partial charge in [0.15, 0.2) is 0 Å². The minimum atomic E-state index is 0.311. The normalized spacial score (nSPS) is 12.9. The Balaban J connectivity index is 2.33. The van der Waals surface area contributed by atoms with Crippen molar-refractivity contribution in [2.24, 2.45) is 11.7 Å². The van der Waals surface area contributed by atoms with Gasteiger partial charge in [0, 0.05) is 18.0 Å². The van der Waals surface area contributed by atoms with E-state index in [2.05, 4.69) is 56.7 Å². The summed E-state index contributed by atoms with van der Waals surface area (Å²) in [6.45, 7) is 11.5. The fraction of sp³-hybridized carbons (Fsp3) is 0.500. The summed E-state index contributed by atoms with van der Waals surface area (Å²) < 4.78 is 0. The maximum Gasteiger partial charge on any atom is 0.110 e. The van der Waals surface area contributed by atoms with Crippen molar-refractivity contribution in [3.05, 3.63) is 40.8 Å². The number of imidazole rings is 1.